The lowest BCUT2D eigenvalue weighted by Gasteiger charge is -2.25. The lowest BCUT2D eigenvalue weighted by atomic mass is 10.2. The molecular weight excluding hydrogens is 395 g/mol. The summed E-state index contributed by atoms with van der Waals surface area (Å²) in [5, 5.41) is 0.394. The van der Waals surface area contributed by atoms with E-state index in [9.17, 15) is 4.79 Å². The van der Waals surface area contributed by atoms with Crippen molar-refractivity contribution in [1.29, 1.82) is 0 Å². The van der Waals surface area contributed by atoms with Gasteiger partial charge in [0.1, 0.15) is 17.2 Å². The second-order valence-corrected chi connectivity index (χ2v) is 5.53. The lowest BCUT2D eigenvalue weighted by Crippen LogP contribution is -2.37. The molecule has 0 saturated heterocycles. The van der Waals surface area contributed by atoms with E-state index in [0.29, 0.717) is 27.4 Å². The molecule has 2 rings (SSSR count). The van der Waals surface area contributed by atoms with Gasteiger partial charge in [-0.25, -0.2) is 9.78 Å². The van der Waals surface area contributed by atoms with Crippen LogP contribution in [0, 0.1) is 0 Å². The summed E-state index contributed by atoms with van der Waals surface area (Å²) in [7, 11) is 5.72. The van der Waals surface area contributed by atoms with E-state index in [1.165, 1.54) is 34.5 Å². The molecule has 0 radical (unpaired) electrons. The molecule has 0 saturated carbocycles. The number of methoxy groups -OCH3 is 4. The Balaban J connectivity index is 0.000000299. The third-order valence-corrected chi connectivity index (χ3v) is 4.10. The number of esters is 1. The Morgan fingerprint density at radius 2 is 1.76 bits per heavy atom. The van der Waals surface area contributed by atoms with Gasteiger partial charge in [0.05, 0.1) is 29.1 Å². The van der Waals surface area contributed by atoms with Gasteiger partial charge in [0.2, 0.25) is 0 Å². The van der Waals surface area contributed by atoms with Crippen LogP contribution < -0.4 is 0 Å². The summed E-state index contributed by atoms with van der Waals surface area (Å²) in [6, 6.07) is 3.16. The molecule has 7 nitrogen and oxygen atoms in total. The van der Waals surface area contributed by atoms with E-state index in [1.54, 1.807) is 6.07 Å². The first-order chi connectivity index (χ1) is 11.9. The van der Waals surface area contributed by atoms with Crippen molar-refractivity contribution in [3.8, 4) is 0 Å². The van der Waals surface area contributed by atoms with Gasteiger partial charge in [0.25, 0.3) is 5.97 Å². The van der Waals surface area contributed by atoms with Crippen LogP contribution in [0.4, 0.5) is 0 Å². The number of aromatic nitrogens is 2. The van der Waals surface area contributed by atoms with Crippen molar-refractivity contribution < 1.29 is 23.7 Å². The minimum absolute atomic E-state index is 0.149. The standard InChI is InChI=1S/C10H8Cl2N2O2.C5H11ClO3/c1-16-10(15)5-2-6(12)9-7(3-5)13-8(4-11)14-9;1-7-5(4-6,8-2)9-3/h2-3H,4H2,1H3,(H,13,14);4H2,1-3H3. The predicted molar refractivity (Wildman–Crippen MR) is 96.5 cm³/mol. The van der Waals surface area contributed by atoms with Gasteiger partial charge >= 0.3 is 5.97 Å². The van der Waals surface area contributed by atoms with Crippen molar-refractivity contribution in [2.75, 3.05) is 34.3 Å². The van der Waals surface area contributed by atoms with Gasteiger partial charge < -0.3 is 23.9 Å². The number of nitrogens with zero attached hydrogens (tertiary/aromatic N) is 1. The van der Waals surface area contributed by atoms with Crippen LogP contribution in [0.5, 0.6) is 0 Å². The largest absolute Gasteiger partial charge is 0.465 e. The number of ether oxygens (including phenoxy) is 4. The summed E-state index contributed by atoms with van der Waals surface area (Å²) in [5.41, 5.74) is 1.65. The van der Waals surface area contributed by atoms with E-state index in [-0.39, 0.29) is 11.8 Å². The number of H-pyrrole nitrogens is 1. The zero-order chi connectivity index (χ0) is 19.0. The maximum atomic E-state index is 11.3. The highest BCUT2D eigenvalue weighted by molar-refractivity contribution is 6.35. The van der Waals surface area contributed by atoms with E-state index in [0.717, 1.165) is 0 Å². The fourth-order valence-electron chi connectivity index (χ4n) is 1.84. The maximum Gasteiger partial charge on any atom is 0.337 e. The lowest BCUT2D eigenvalue weighted by molar-refractivity contribution is -0.337. The van der Waals surface area contributed by atoms with Crippen molar-refractivity contribution >= 4 is 51.8 Å². The zero-order valence-corrected chi connectivity index (χ0v) is 16.5. The number of hydrogen-bond acceptors (Lipinski definition) is 6. The fraction of sp³-hybridized carbons (Fsp3) is 0.467. The van der Waals surface area contributed by atoms with Gasteiger partial charge in [0.15, 0.2) is 0 Å². The van der Waals surface area contributed by atoms with E-state index in [4.69, 9.17) is 49.0 Å². The molecule has 0 bridgehead atoms. The van der Waals surface area contributed by atoms with Crippen molar-refractivity contribution in [2.24, 2.45) is 0 Å². The average Bonchev–Trinajstić information content (AvgIpc) is 3.08. The molecule has 140 valence electrons. The van der Waals surface area contributed by atoms with Crippen molar-refractivity contribution in [2.45, 2.75) is 11.9 Å². The summed E-state index contributed by atoms with van der Waals surface area (Å²) < 4.78 is 19.0. The molecule has 0 aliphatic heterocycles. The second kappa shape index (κ2) is 10.2. The summed E-state index contributed by atoms with van der Waals surface area (Å²) in [4.78, 5) is 18.5. The number of halogens is 3. The number of fused-ring (bicyclic) bond motifs is 1. The minimum atomic E-state index is -1.07. The Labute approximate surface area is 160 Å². The summed E-state index contributed by atoms with van der Waals surface area (Å²) in [6.45, 7) is 0. The minimum Gasteiger partial charge on any atom is -0.465 e. The molecule has 1 aromatic carbocycles. The molecule has 0 aliphatic rings. The number of aromatic amines is 1. The van der Waals surface area contributed by atoms with Crippen LogP contribution in [-0.4, -0.2) is 56.2 Å². The monoisotopic (exact) mass is 412 g/mol. The van der Waals surface area contributed by atoms with Crippen LogP contribution in [0.3, 0.4) is 0 Å². The maximum absolute atomic E-state index is 11.3. The van der Waals surface area contributed by atoms with Crippen molar-refractivity contribution in [1.82, 2.24) is 9.97 Å². The molecule has 2 aromatic rings. The molecule has 0 atom stereocenters. The third-order valence-electron chi connectivity index (χ3n) is 3.23. The molecule has 0 amide bonds. The first-order valence-electron chi connectivity index (χ1n) is 6.94. The molecule has 1 N–H and O–H groups in total. The topological polar surface area (TPSA) is 82.7 Å². The van der Waals surface area contributed by atoms with Crippen LogP contribution in [0.2, 0.25) is 5.02 Å². The number of alkyl halides is 2. The Morgan fingerprint density at radius 1 is 1.16 bits per heavy atom. The molecule has 1 heterocycles. The van der Waals surface area contributed by atoms with E-state index >= 15 is 0 Å². The summed E-state index contributed by atoms with van der Waals surface area (Å²) in [6.07, 6.45) is 0. The van der Waals surface area contributed by atoms with E-state index in [1.807, 2.05) is 0 Å². The first kappa shape index (κ1) is 22.0. The molecule has 10 heteroatoms. The van der Waals surface area contributed by atoms with E-state index < -0.39 is 11.9 Å². The van der Waals surface area contributed by atoms with Gasteiger partial charge in [-0.15, -0.1) is 23.2 Å². The van der Waals surface area contributed by atoms with Crippen LogP contribution in [0.1, 0.15) is 16.2 Å². The number of carbonyl (C=O) groups excluding carboxylic acids is 1. The molecule has 0 unspecified atom stereocenters. The highest BCUT2D eigenvalue weighted by atomic mass is 35.5. The van der Waals surface area contributed by atoms with Gasteiger partial charge in [-0.1, -0.05) is 11.6 Å². The van der Waals surface area contributed by atoms with Gasteiger partial charge in [0, 0.05) is 21.3 Å². The van der Waals surface area contributed by atoms with Crippen LogP contribution in [-0.2, 0) is 24.8 Å². The first-order valence-corrected chi connectivity index (χ1v) is 8.38. The van der Waals surface area contributed by atoms with Crippen LogP contribution in [0.25, 0.3) is 11.0 Å². The number of benzene rings is 1. The number of imidazole rings is 1. The smallest absolute Gasteiger partial charge is 0.337 e. The molecule has 25 heavy (non-hydrogen) atoms. The molecular formula is C15H19Cl3N2O5. The Kier molecular flexibility index (Phi) is 8.92. The highest BCUT2D eigenvalue weighted by Gasteiger charge is 2.27. The Bertz CT molecular complexity index is 686. The van der Waals surface area contributed by atoms with Crippen molar-refractivity contribution in [3.63, 3.8) is 0 Å². The quantitative estimate of drug-likeness (QED) is 0.443. The molecule has 1 aromatic heterocycles. The number of nitrogens with one attached hydrogen (secondary N) is 1. The summed E-state index contributed by atoms with van der Waals surface area (Å²) >= 11 is 17.1. The normalized spacial score (nSPS) is 11.2. The predicted octanol–water partition coefficient (Wildman–Crippen LogP) is 3.56. The van der Waals surface area contributed by atoms with Gasteiger partial charge in [-0.2, -0.15) is 0 Å². The fourth-order valence-corrected chi connectivity index (χ4v) is 2.55. The third kappa shape index (κ3) is 5.44. The van der Waals surface area contributed by atoms with Crippen molar-refractivity contribution in [3.05, 3.63) is 28.5 Å². The average molecular weight is 414 g/mol. The zero-order valence-electron chi connectivity index (χ0n) is 14.2. The molecule has 0 aliphatic carbocycles. The van der Waals surface area contributed by atoms with Crippen LogP contribution in [0.15, 0.2) is 12.1 Å². The summed E-state index contributed by atoms with van der Waals surface area (Å²) in [5.74, 6) is -0.484. The second-order valence-electron chi connectivity index (χ2n) is 4.59. The Hall–Kier alpha value is -1.09. The van der Waals surface area contributed by atoms with Gasteiger partial charge in [-0.3, -0.25) is 0 Å². The number of hydrogen-bond donors (Lipinski definition) is 1. The number of rotatable bonds is 6. The van der Waals surface area contributed by atoms with Crippen LogP contribution >= 0.6 is 34.8 Å². The van der Waals surface area contributed by atoms with Gasteiger partial charge in [-0.05, 0) is 12.1 Å². The molecule has 0 fully saturated rings. The Morgan fingerprint density at radius 3 is 2.16 bits per heavy atom. The number of carbonyl (C=O) groups is 1. The SMILES string of the molecule is COC(=O)c1cc(Cl)c2nc(CCl)[nH]c2c1.COC(CCl)(OC)OC. The molecule has 0 spiro atoms. The van der Waals surface area contributed by atoms with E-state index in [2.05, 4.69) is 14.7 Å². The highest BCUT2D eigenvalue weighted by Crippen LogP contribution is 2.24.